The molecule has 5 rings (SSSR count). The van der Waals surface area contributed by atoms with E-state index in [1.807, 2.05) is 35.6 Å². The number of anilines is 1. The van der Waals surface area contributed by atoms with Gasteiger partial charge in [0, 0.05) is 42.1 Å². The predicted molar refractivity (Wildman–Crippen MR) is 139 cm³/mol. The highest BCUT2D eigenvalue weighted by Gasteiger charge is 2.43. The van der Waals surface area contributed by atoms with Crippen molar-refractivity contribution in [1.29, 1.82) is 0 Å². The van der Waals surface area contributed by atoms with E-state index in [1.165, 1.54) is 0 Å². The number of carbonyl (C=O) groups is 1. The lowest BCUT2D eigenvalue weighted by Gasteiger charge is -2.42. The first-order valence-electron chi connectivity index (χ1n) is 12.2. The summed E-state index contributed by atoms with van der Waals surface area (Å²) in [5, 5.41) is 25.6. The van der Waals surface area contributed by atoms with Crippen molar-refractivity contribution in [3.63, 3.8) is 0 Å². The summed E-state index contributed by atoms with van der Waals surface area (Å²) in [5.41, 5.74) is 3.12. The zero-order valence-electron chi connectivity index (χ0n) is 20.5. The lowest BCUT2D eigenvalue weighted by atomic mass is 9.91. The van der Waals surface area contributed by atoms with E-state index in [1.54, 1.807) is 12.3 Å². The normalized spacial score (nSPS) is 26.0. The Morgan fingerprint density at radius 2 is 2.03 bits per heavy atom. The molecule has 2 aliphatic rings. The van der Waals surface area contributed by atoms with Crippen molar-refractivity contribution in [3.8, 4) is 0 Å². The Labute approximate surface area is 219 Å². The van der Waals surface area contributed by atoms with Crippen LogP contribution in [-0.2, 0) is 4.79 Å². The van der Waals surface area contributed by atoms with Crippen LogP contribution in [0.25, 0.3) is 11.2 Å². The van der Waals surface area contributed by atoms with Gasteiger partial charge in [0.25, 0.3) is 0 Å². The second kappa shape index (κ2) is 9.78. The van der Waals surface area contributed by atoms with Gasteiger partial charge < -0.3 is 15.1 Å². The fourth-order valence-corrected chi connectivity index (χ4v) is 6.28. The monoisotopic (exact) mass is 532 g/mol. The molecular formula is C25H30Cl2N6O3. The zero-order chi connectivity index (χ0) is 25.7. The molecule has 36 heavy (non-hydrogen) atoms. The Morgan fingerprint density at radius 3 is 2.72 bits per heavy atom. The molecule has 0 aliphatic carbocycles. The summed E-state index contributed by atoms with van der Waals surface area (Å²) in [7, 11) is 0. The van der Waals surface area contributed by atoms with Crippen molar-refractivity contribution < 1.29 is 15.0 Å². The van der Waals surface area contributed by atoms with Gasteiger partial charge in [-0.1, -0.05) is 36.2 Å². The van der Waals surface area contributed by atoms with Gasteiger partial charge in [0.2, 0.25) is 0 Å². The predicted octanol–water partition coefficient (Wildman–Crippen LogP) is 3.79. The number of rotatable bonds is 5. The standard InChI is InChI=1S/C25H30Cl2N6O3/c1-13-11-31(7-6-20(13)32-12-17(34)9-21(32)25(35)36)22-10-28-23-14(2)30-33(24(23)29-22)15(3)18-5-4-16(26)8-19(18)27/h4-5,8,10,13,15,17,20-21,34H,6-7,9,11-12H2,1-3H3,(H,35,36)/t13-,15-,17-,20?,21?/m1/s1. The van der Waals surface area contributed by atoms with Gasteiger partial charge in [0.05, 0.1) is 24.0 Å². The summed E-state index contributed by atoms with van der Waals surface area (Å²) in [6.45, 7) is 7.91. The Kier molecular flexibility index (Phi) is 6.84. The fourth-order valence-electron chi connectivity index (χ4n) is 5.72. The van der Waals surface area contributed by atoms with Crippen molar-refractivity contribution in [3.05, 3.63) is 45.7 Å². The van der Waals surface area contributed by atoms with E-state index in [0.717, 1.165) is 42.1 Å². The number of β-amino-alcohol motifs (C(OH)–C–C–N with tert-alkyl or cyclic N) is 1. The number of piperidine rings is 1. The molecule has 0 radical (unpaired) electrons. The average Bonchev–Trinajstić information content (AvgIpc) is 3.38. The number of benzene rings is 1. The Morgan fingerprint density at radius 1 is 1.25 bits per heavy atom. The van der Waals surface area contributed by atoms with E-state index in [2.05, 4.69) is 11.8 Å². The van der Waals surface area contributed by atoms with Crippen LogP contribution in [0.5, 0.6) is 0 Å². The SMILES string of the molecule is Cc1nn([C@H](C)c2ccc(Cl)cc2Cl)c2nc(N3CCC(N4C[C@H](O)CC4C(=O)O)[C@H](C)C3)cnc12. The minimum atomic E-state index is -0.865. The number of fused-ring (bicyclic) bond motifs is 1. The summed E-state index contributed by atoms with van der Waals surface area (Å²) >= 11 is 12.6. The topological polar surface area (TPSA) is 108 Å². The largest absolute Gasteiger partial charge is 0.480 e. The fraction of sp³-hybridized carbons (Fsp3) is 0.520. The molecule has 2 aromatic heterocycles. The minimum absolute atomic E-state index is 0.0935. The highest BCUT2D eigenvalue weighted by Crippen LogP contribution is 2.33. The molecule has 2 N–H and O–H groups in total. The smallest absolute Gasteiger partial charge is 0.321 e. The number of hydrogen-bond acceptors (Lipinski definition) is 7. The third-order valence-electron chi connectivity index (χ3n) is 7.55. The summed E-state index contributed by atoms with van der Waals surface area (Å²) in [6.07, 6.45) is 2.26. The molecule has 192 valence electrons. The van der Waals surface area contributed by atoms with Gasteiger partial charge >= 0.3 is 5.97 Å². The van der Waals surface area contributed by atoms with Crippen molar-refractivity contribution in [2.75, 3.05) is 24.5 Å². The maximum absolute atomic E-state index is 11.7. The molecule has 0 spiro atoms. The van der Waals surface area contributed by atoms with Crippen LogP contribution in [0.4, 0.5) is 5.82 Å². The Balaban J connectivity index is 1.40. The van der Waals surface area contributed by atoms with Crippen LogP contribution >= 0.6 is 23.2 Å². The van der Waals surface area contributed by atoms with Crippen LogP contribution < -0.4 is 4.90 Å². The molecule has 11 heteroatoms. The average molecular weight is 533 g/mol. The van der Waals surface area contributed by atoms with Crippen LogP contribution in [0, 0.1) is 12.8 Å². The van der Waals surface area contributed by atoms with Gasteiger partial charge in [-0.05, 0) is 43.9 Å². The van der Waals surface area contributed by atoms with Crippen LogP contribution in [0.3, 0.4) is 0 Å². The number of carboxylic acid groups (broad SMARTS) is 1. The molecule has 0 saturated carbocycles. The van der Waals surface area contributed by atoms with Gasteiger partial charge in [-0.15, -0.1) is 0 Å². The van der Waals surface area contributed by atoms with E-state index < -0.39 is 18.1 Å². The number of aromatic nitrogens is 4. The van der Waals surface area contributed by atoms with Crippen molar-refractivity contribution in [2.45, 2.75) is 57.8 Å². The van der Waals surface area contributed by atoms with E-state index in [4.69, 9.17) is 38.3 Å². The molecule has 2 fully saturated rings. The number of aryl methyl sites for hydroxylation is 1. The zero-order valence-corrected chi connectivity index (χ0v) is 22.0. The number of aliphatic hydroxyl groups is 1. The number of carboxylic acids is 1. The first-order chi connectivity index (χ1) is 17.1. The highest BCUT2D eigenvalue weighted by atomic mass is 35.5. The first kappa shape index (κ1) is 25.2. The molecule has 5 atom stereocenters. The lowest BCUT2D eigenvalue weighted by molar-refractivity contribution is -0.143. The van der Waals surface area contributed by atoms with Gasteiger partial charge in [0.15, 0.2) is 5.65 Å². The van der Waals surface area contributed by atoms with Crippen molar-refractivity contribution in [2.24, 2.45) is 5.92 Å². The molecule has 2 aliphatic heterocycles. The molecule has 4 heterocycles. The Bertz CT molecular complexity index is 1300. The number of hydrogen-bond donors (Lipinski definition) is 2. The van der Waals surface area contributed by atoms with Crippen LogP contribution in [-0.4, -0.2) is 78.7 Å². The maximum Gasteiger partial charge on any atom is 0.321 e. The molecule has 2 unspecified atom stereocenters. The molecule has 0 amide bonds. The molecule has 9 nitrogen and oxygen atoms in total. The van der Waals surface area contributed by atoms with Gasteiger partial charge in [0.1, 0.15) is 17.4 Å². The van der Waals surface area contributed by atoms with Crippen LogP contribution in [0.2, 0.25) is 10.0 Å². The summed E-state index contributed by atoms with van der Waals surface area (Å²) < 4.78 is 1.86. The van der Waals surface area contributed by atoms with Crippen LogP contribution in [0.1, 0.15) is 44.0 Å². The number of nitrogens with zero attached hydrogens (tertiary/aromatic N) is 6. The number of halogens is 2. The quantitative estimate of drug-likeness (QED) is 0.510. The first-order valence-corrected chi connectivity index (χ1v) is 13.0. The molecule has 3 aromatic rings. The number of likely N-dealkylation sites (tertiary alicyclic amines) is 1. The number of aliphatic hydroxyl groups excluding tert-OH is 1. The van der Waals surface area contributed by atoms with Crippen molar-refractivity contribution in [1.82, 2.24) is 24.6 Å². The maximum atomic E-state index is 11.7. The van der Waals surface area contributed by atoms with Gasteiger partial charge in [-0.2, -0.15) is 5.10 Å². The van der Waals surface area contributed by atoms with E-state index in [9.17, 15) is 15.0 Å². The number of aliphatic carboxylic acids is 1. The van der Waals surface area contributed by atoms with E-state index in [-0.39, 0.29) is 24.4 Å². The Hall–Kier alpha value is -2.46. The van der Waals surface area contributed by atoms with Gasteiger partial charge in [-0.3, -0.25) is 9.69 Å². The molecule has 2 saturated heterocycles. The van der Waals surface area contributed by atoms with Crippen molar-refractivity contribution >= 4 is 46.2 Å². The molecule has 1 aromatic carbocycles. The van der Waals surface area contributed by atoms with Crippen LogP contribution in [0.15, 0.2) is 24.4 Å². The third-order valence-corrected chi connectivity index (χ3v) is 8.11. The lowest BCUT2D eigenvalue weighted by Crippen LogP contribution is -2.53. The second-order valence-corrected chi connectivity index (χ2v) is 10.8. The minimum Gasteiger partial charge on any atom is -0.480 e. The summed E-state index contributed by atoms with van der Waals surface area (Å²) in [4.78, 5) is 25.6. The molecule has 0 bridgehead atoms. The second-order valence-electron chi connectivity index (χ2n) is 9.99. The van der Waals surface area contributed by atoms with E-state index in [0.29, 0.717) is 22.2 Å². The van der Waals surface area contributed by atoms with Gasteiger partial charge in [-0.25, -0.2) is 14.6 Å². The summed E-state index contributed by atoms with van der Waals surface area (Å²) in [6, 6.07) is 4.74. The highest BCUT2D eigenvalue weighted by molar-refractivity contribution is 6.35. The third kappa shape index (κ3) is 4.53. The molecular weight excluding hydrogens is 503 g/mol. The van der Waals surface area contributed by atoms with E-state index >= 15 is 0 Å². The summed E-state index contributed by atoms with van der Waals surface area (Å²) in [5.74, 6) is 0.0949.